The second kappa shape index (κ2) is 5.01. The molecule has 0 radical (unpaired) electrons. The van der Waals surface area contributed by atoms with Gasteiger partial charge in [-0.25, -0.2) is 5.43 Å². The van der Waals surface area contributed by atoms with Crippen molar-refractivity contribution in [2.75, 3.05) is 14.1 Å². The summed E-state index contributed by atoms with van der Waals surface area (Å²) >= 11 is 0. The summed E-state index contributed by atoms with van der Waals surface area (Å²) in [6.07, 6.45) is 1.53. The molecule has 0 heterocycles. The fraction of sp³-hybridized carbons (Fsp3) is 0.200. The third kappa shape index (κ3) is 3.26. The van der Waals surface area contributed by atoms with Crippen molar-refractivity contribution in [1.29, 1.82) is 0 Å². The molecule has 0 atom stereocenters. The van der Waals surface area contributed by atoms with Gasteiger partial charge in [0.25, 0.3) is 5.91 Å². The Balaban J connectivity index is 2.52. The Kier molecular flexibility index (Phi) is 3.67. The number of nitrogens with one attached hydrogen (secondary N) is 1. The summed E-state index contributed by atoms with van der Waals surface area (Å²) in [7, 11) is 3.66. The van der Waals surface area contributed by atoms with Gasteiger partial charge in [-0.1, -0.05) is 18.2 Å². The summed E-state index contributed by atoms with van der Waals surface area (Å²) in [4.78, 5) is 13.1. The molecule has 0 aliphatic rings. The molecule has 1 amide bonds. The topological polar surface area (TPSA) is 44.7 Å². The average molecular weight is 191 g/mol. The van der Waals surface area contributed by atoms with Crippen LogP contribution in [0, 0.1) is 0 Å². The summed E-state index contributed by atoms with van der Waals surface area (Å²) in [5.41, 5.74) is 3.02. The molecule has 1 aromatic carbocycles. The van der Waals surface area contributed by atoms with E-state index in [4.69, 9.17) is 0 Å². The van der Waals surface area contributed by atoms with Crippen LogP contribution in [0.15, 0.2) is 35.4 Å². The molecule has 4 heteroatoms. The van der Waals surface area contributed by atoms with Gasteiger partial charge in [0.05, 0.1) is 0 Å². The van der Waals surface area contributed by atoms with E-state index in [1.165, 1.54) is 6.34 Å². The van der Waals surface area contributed by atoms with Gasteiger partial charge < -0.3 is 4.90 Å². The second-order valence-corrected chi connectivity index (χ2v) is 3.02. The number of carbonyl (C=O) groups is 1. The molecule has 4 nitrogen and oxygen atoms in total. The van der Waals surface area contributed by atoms with Crippen LogP contribution in [0.25, 0.3) is 0 Å². The first-order chi connectivity index (χ1) is 6.70. The van der Waals surface area contributed by atoms with Crippen LogP contribution in [-0.4, -0.2) is 31.2 Å². The Labute approximate surface area is 83.2 Å². The van der Waals surface area contributed by atoms with E-state index in [1.807, 2.05) is 32.3 Å². The minimum Gasteiger partial charge on any atom is -0.367 e. The molecule has 0 aliphatic carbocycles. The van der Waals surface area contributed by atoms with Crippen LogP contribution in [0.2, 0.25) is 0 Å². The number of nitrogens with zero attached hydrogens (tertiary/aromatic N) is 2. The molecule has 0 saturated carbocycles. The lowest BCUT2D eigenvalue weighted by Crippen LogP contribution is -2.20. The standard InChI is InChI=1S/C10H13N3O/c1-13(2)8-11-12-10(14)9-6-4-3-5-7-9/h3-8H,1-2H3,(H,12,14)/b11-8-. The first-order valence-electron chi connectivity index (χ1n) is 4.25. The summed E-state index contributed by atoms with van der Waals surface area (Å²) in [6, 6.07) is 8.95. The van der Waals surface area contributed by atoms with Crippen molar-refractivity contribution in [3.8, 4) is 0 Å². The summed E-state index contributed by atoms with van der Waals surface area (Å²) in [5.74, 6) is -0.205. The zero-order valence-corrected chi connectivity index (χ0v) is 8.27. The predicted molar refractivity (Wildman–Crippen MR) is 56.1 cm³/mol. The largest absolute Gasteiger partial charge is 0.367 e. The molecular weight excluding hydrogens is 178 g/mol. The molecule has 0 bridgehead atoms. The normalized spacial score (nSPS) is 10.1. The van der Waals surface area contributed by atoms with Crippen LogP contribution >= 0.6 is 0 Å². The first kappa shape index (κ1) is 10.2. The highest BCUT2D eigenvalue weighted by Gasteiger charge is 2.00. The highest BCUT2D eigenvalue weighted by molar-refractivity contribution is 5.94. The van der Waals surface area contributed by atoms with Gasteiger partial charge >= 0.3 is 0 Å². The summed E-state index contributed by atoms with van der Waals surface area (Å²) in [5, 5.41) is 3.75. The fourth-order valence-corrected chi connectivity index (χ4v) is 0.857. The van der Waals surface area contributed by atoms with Crippen molar-refractivity contribution in [2.45, 2.75) is 0 Å². The van der Waals surface area contributed by atoms with Gasteiger partial charge in [-0.05, 0) is 12.1 Å². The molecule has 1 N–H and O–H groups in total. The maximum absolute atomic E-state index is 11.4. The maximum Gasteiger partial charge on any atom is 0.271 e. The van der Waals surface area contributed by atoms with Gasteiger partial charge in [0, 0.05) is 19.7 Å². The maximum atomic E-state index is 11.4. The monoisotopic (exact) mass is 191 g/mol. The molecule has 0 spiro atoms. The van der Waals surface area contributed by atoms with Crippen LogP contribution in [-0.2, 0) is 0 Å². The van der Waals surface area contributed by atoms with Crippen molar-refractivity contribution in [3.05, 3.63) is 35.9 Å². The van der Waals surface area contributed by atoms with Crippen molar-refractivity contribution in [3.63, 3.8) is 0 Å². The zero-order valence-electron chi connectivity index (χ0n) is 8.27. The Morgan fingerprint density at radius 1 is 1.36 bits per heavy atom. The summed E-state index contributed by atoms with van der Waals surface area (Å²) < 4.78 is 0. The molecule has 0 saturated heterocycles. The fourth-order valence-electron chi connectivity index (χ4n) is 0.857. The third-order valence-corrected chi connectivity index (χ3v) is 1.49. The minimum absolute atomic E-state index is 0.205. The van der Waals surface area contributed by atoms with Crippen molar-refractivity contribution >= 4 is 12.2 Å². The Hall–Kier alpha value is -1.84. The van der Waals surface area contributed by atoms with Gasteiger partial charge in [0.2, 0.25) is 0 Å². The summed E-state index contributed by atoms with van der Waals surface area (Å²) in [6.45, 7) is 0. The Bertz CT molecular complexity index is 319. The number of amides is 1. The molecule has 0 aliphatic heterocycles. The van der Waals surface area contributed by atoms with E-state index < -0.39 is 0 Å². The lowest BCUT2D eigenvalue weighted by Gasteiger charge is -2.02. The van der Waals surface area contributed by atoms with Crippen LogP contribution in [0.1, 0.15) is 10.4 Å². The molecular formula is C10H13N3O. The van der Waals surface area contributed by atoms with Crippen molar-refractivity contribution in [2.24, 2.45) is 5.10 Å². The van der Waals surface area contributed by atoms with Gasteiger partial charge in [-0.15, -0.1) is 0 Å². The van der Waals surface area contributed by atoms with Crippen LogP contribution in [0.4, 0.5) is 0 Å². The van der Waals surface area contributed by atoms with E-state index in [1.54, 1.807) is 17.0 Å². The van der Waals surface area contributed by atoms with Crippen molar-refractivity contribution < 1.29 is 4.79 Å². The minimum atomic E-state index is -0.205. The number of rotatable bonds is 3. The van der Waals surface area contributed by atoms with E-state index in [2.05, 4.69) is 10.5 Å². The Morgan fingerprint density at radius 2 is 2.00 bits per heavy atom. The van der Waals surface area contributed by atoms with E-state index in [0.717, 1.165) is 0 Å². The van der Waals surface area contributed by atoms with E-state index in [-0.39, 0.29) is 5.91 Å². The molecule has 0 fully saturated rings. The highest BCUT2D eigenvalue weighted by Crippen LogP contribution is 1.97. The van der Waals surface area contributed by atoms with Gasteiger partial charge in [0.15, 0.2) is 0 Å². The van der Waals surface area contributed by atoms with Gasteiger partial charge in [0.1, 0.15) is 6.34 Å². The number of hydrogen-bond donors (Lipinski definition) is 1. The smallest absolute Gasteiger partial charge is 0.271 e. The highest BCUT2D eigenvalue weighted by atomic mass is 16.2. The van der Waals surface area contributed by atoms with Crippen LogP contribution < -0.4 is 5.43 Å². The van der Waals surface area contributed by atoms with Crippen LogP contribution in [0.3, 0.4) is 0 Å². The van der Waals surface area contributed by atoms with E-state index >= 15 is 0 Å². The second-order valence-electron chi connectivity index (χ2n) is 3.02. The molecule has 14 heavy (non-hydrogen) atoms. The van der Waals surface area contributed by atoms with Crippen molar-refractivity contribution in [1.82, 2.24) is 10.3 Å². The molecule has 1 rings (SSSR count). The van der Waals surface area contributed by atoms with Gasteiger partial charge in [-0.2, -0.15) is 5.10 Å². The average Bonchev–Trinajstić information content (AvgIpc) is 2.18. The lowest BCUT2D eigenvalue weighted by atomic mass is 10.2. The predicted octanol–water partition coefficient (Wildman–Crippen LogP) is 0.921. The zero-order chi connectivity index (χ0) is 10.4. The number of hydrazone groups is 1. The number of hydrogen-bond acceptors (Lipinski definition) is 2. The SMILES string of the molecule is CN(C)/C=N\NC(=O)c1ccccc1. The van der Waals surface area contributed by atoms with Gasteiger partial charge in [-0.3, -0.25) is 4.79 Å². The Morgan fingerprint density at radius 3 is 2.57 bits per heavy atom. The van der Waals surface area contributed by atoms with E-state index in [0.29, 0.717) is 5.56 Å². The third-order valence-electron chi connectivity index (χ3n) is 1.49. The number of benzene rings is 1. The quantitative estimate of drug-likeness (QED) is 0.438. The molecule has 1 aromatic rings. The van der Waals surface area contributed by atoms with E-state index in [9.17, 15) is 4.79 Å². The van der Waals surface area contributed by atoms with Crippen LogP contribution in [0.5, 0.6) is 0 Å². The number of carbonyl (C=O) groups excluding carboxylic acids is 1. The molecule has 0 unspecified atom stereocenters. The molecule has 74 valence electrons. The lowest BCUT2D eigenvalue weighted by molar-refractivity contribution is 0.0954. The molecule has 0 aromatic heterocycles. The first-order valence-corrected chi connectivity index (χ1v) is 4.25.